The molecule has 0 aliphatic carbocycles. The van der Waals surface area contributed by atoms with Crippen LogP contribution in [0.5, 0.6) is 5.75 Å². The first-order valence-electron chi connectivity index (χ1n) is 8.80. The molecule has 1 aromatic carbocycles. The van der Waals surface area contributed by atoms with E-state index in [9.17, 15) is 0 Å². The molecule has 0 atom stereocenters. The van der Waals surface area contributed by atoms with E-state index in [0.29, 0.717) is 0 Å². The van der Waals surface area contributed by atoms with E-state index in [1.165, 1.54) is 17.7 Å². The minimum Gasteiger partial charge on any atom is -0.490 e. The molecule has 0 amide bonds. The Balaban J connectivity index is 1.63. The monoisotopic (exact) mass is 361 g/mol. The van der Waals surface area contributed by atoms with Crippen LogP contribution in [0.1, 0.15) is 17.5 Å². The molecule has 4 nitrogen and oxygen atoms in total. The summed E-state index contributed by atoms with van der Waals surface area (Å²) in [5.41, 5.74) is 5.98. The Labute approximate surface area is 158 Å². The number of rotatable bonds is 2. The highest BCUT2D eigenvalue weighted by atomic mass is 32.2. The van der Waals surface area contributed by atoms with Crippen molar-refractivity contribution in [2.75, 3.05) is 36.1 Å². The van der Waals surface area contributed by atoms with Gasteiger partial charge in [-0.25, -0.2) is 10.1 Å². The molecular formula is C21H19N3OS. The molecule has 1 aromatic rings. The van der Waals surface area contributed by atoms with Crippen LogP contribution in [0.4, 0.5) is 5.69 Å². The van der Waals surface area contributed by atoms with Gasteiger partial charge in [0.2, 0.25) is 0 Å². The summed E-state index contributed by atoms with van der Waals surface area (Å²) in [6.07, 6.45) is 8.51. The van der Waals surface area contributed by atoms with Crippen molar-refractivity contribution in [3.63, 3.8) is 0 Å². The summed E-state index contributed by atoms with van der Waals surface area (Å²) >= 11 is 1.74. The second-order valence-electron chi connectivity index (χ2n) is 6.61. The van der Waals surface area contributed by atoms with E-state index in [2.05, 4.69) is 34.0 Å². The van der Waals surface area contributed by atoms with Gasteiger partial charge in [0.15, 0.2) is 0 Å². The van der Waals surface area contributed by atoms with Crippen molar-refractivity contribution < 1.29 is 4.74 Å². The lowest BCUT2D eigenvalue weighted by molar-refractivity contribution is 0.304. The molecule has 0 bridgehead atoms. The quantitative estimate of drug-likeness (QED) is 0.584. The fraction of sp³-hybridized carbons (Fsp3) is 0.333. The zero-order chi connectivity index (χ0) is 17.9. The van der Waals surface area contributed by atoms with Crippen molar-refractivity contribution in [2.24, 2.45) is 0 Å². The first-order valence-corrected chi connectivity index (χ1v) is 9.96. The van der Waals surface area contributed by atoms with E-state index in [0.717, 1.165) is 60.1 Å². The van der Waals surface area contributed by atoms with Crippen LogP contribution in [0.3, 0.4) is 0 Å². The van der Waals surface area contributed by atoms with Crippen molar-refractivity contribution in [1.82, 2.24) is 0 Å². The molecule has 0 saturated heterocycles. The normalized spacial score (nSPS) is 20.5. The first kappa shape index (κ1) is 16.8. The van der Waals surface area contributed by atoms with E-state index >= 15 is 0 Å². The number of hydrogen-bond donors (Lipinski definition) is 0. The van der Waals surface area contributed by atoms with Gasteiger partial charge in [0, 0.05) is 18.1 Å². The molecule has 0 spiro atoms. The largest absolute Gasteiger partial charge is 0.490 e. The van der Waals surface area contributed by atoms with Crippen LogP contribution in [0.15, 0.2) is 41.1 Å². The molecule has 4 rings (SSSR count). The van der Waals surface area contributed by atoms with Gasteiger partial charge in [-0.15, -0.1) is 0 Å². The number of allylic oxidation sites excluding steroid dienone is 3. The molecule has 3 heterocycles. The molecule has 5 heteroatoms. The van der Waals surface area contributed by atoms with Gasteiger partial charge in [-0.3, -0.25) is 0 Å². The summed E-state index contributed by atoms with van der Waals surface area (Å²) in [6, 6.07) is 6.39. The number of ether oxygens (including phenoxy) is 1. The van der Waals surface area contributed by atoms with E-state index in [1.807, 2.05) is 12.1 Å². The summed E-state index contributed by atoms with van der Waals surface area (Å²) in [6.45, 7) is 9.99. The lowest BCUT2D eigenvalue weighted by atomic mass is 9.97. The van der Waals surface area contributed by atoms with Crippen LogP contribution in [0.25, 0.3) is 10.9 Å². The summed E-state index contributed by atoms with van der Waals surface area (Å²) < 4.78 is 5.91. The maximum absolute atomic E-state index is 9.07. The molecule has 0 aromatic heterocycles. The van der Waals surface area contributed by atoms with Gasteiger partial charge in [-0.05, 0) is 47.2 Å². The average molecular weight is 361 g/mol. The van der Waals surface area contributed by atoms with Crippen LogP contribution in [0, 0.1) is 17.9 Å². The maximum atomic E-state index is 9.07. The van der Waals surface area contributed by atoms with Gasteiger partial charge in [0.05, 0.1) is 24.9 Å². The number of hydrogen-bond acceptors (Lipinski definition) is 4. The van der Waals surface area contributed by atoms with Crippen molar-refractivity contribution >= 4 is 23.5 Å². The Hall–Kier alpha value is -2.63. The molecule has 0 radical (unpaired) electrons. The zero-order valence-electron chi connectivity index (χ0n) is 14.5. The molecular weight excluding hydrogens is 342 g/mol. The van der Waals surface area contributed by atoms with E-state index < -0.39 is 0 Å². The Kier molecular flexibility index (Phi) is 4.73. The summed E-state index contributed by atoms with van der Waals surface area (Å²) in [4.78, 5) is 5.77. The van der Waals surface area contributed by atoms with Crippen LogP contribution in [-0.2, 0) is 6.42 Å². The fourth-order valence-electron chi connectivity index (χ4n) is 3.70. The van der Waals surface area contributed by atoms with E-state index in [1.54, 1.807) is 11.8 Å². The predicted octanol–water partition coefficient (Wildman–Crippen LogP) is 4.21. The van der Waals surface area contributed by atoms with Gasteiger partial charge in [0.1, 0.15) is 12.4 Å². The van der Waals surface area contributed by atoms with Crippen LogP contribution < -0.4 is 9.64 Å². The minimum absolute atomic E-state index is 0.204. The second kappa shape index (κ2) is 7.32. The van der Waals surface area contributed by atoms with Gasteiger partial charge in [0.25, 0.3) is 5.70 Å². The van der Waals surface area contributed by atoms with Crippen LogP contribution >= 0.6 is 11.8 Å². The maximum Gasteiger partial charge on any atom is 0.265 e. The topological polar surface area (TPSA) is 40.6 Å². The third kappa shape index (κ3) is 3.23. The third-order valence-electron chi connectivity index (χ3n) is 4.88. The second-order valence-corrected chi connectivity index (χ2v) is 7.59. The SMILES string of the molecule is [C-]#[N+]C(C#N)=C1C=C(C=Cc2cc3c4c(c2)OCCN4CCC3)CSC1. The number of benzene rings is 1. The molecule has 26 heavy (non-hydrogen) atoms. The number of thioether (sulfide) groups is 1. The highest BCUT2D eigenvalue weighted by Crippen LogP contribution is 2.40. The molecule has 0 unspecified atom stereocenters. The van der Waals surface area contributed by atoms with Crippen molar-refractivity contribution in [3.05, 3.63) is 63.7 Å². The van der Waals surface area contributed by atoms with Crippen LogP contribution in [-0.4, -0.2) is 31.2 Å². The number of anilines is 1. The Morgan fingerprint density at radius 1 is 1.31 bits per heavy atom. The van der Waals surface area contributed by atoms with Gasteiger partial charge in [-0.1, -0.05) is 18.2 Å². The molecule has 0 N–H and O–H groups in total. The molecule has 130 valence electrons. The third-order valence-corrected chi connectivity index (χ3v) is 5.94. The van der Waals surface area contributed by atoms with Crippen molar-refractivity contribution in [1.29, 1.82) is 5.26 Å². The standard InChI is InChI=1S/C21H19N3OS/c1-23-19(12-22)18-10-16(13-26-14-18)5-4-15-9-17-3-2-6-24-7-8-25-20(11-15)21(17)24/h4-5,9-11H,2-3,6-8,13-14H2. The highest BCUT2D eigenvalue weighted by Gasteiger charge is 2.25. The highest BCUT2D eigenvalue weighted by molar-refractivity contribution is 7.99. The predicted molar refractivity (Wildman–Crippen MR) is 106 cm³/mol. The lowest BCUT2D eigenvalue weighted by Gasteiger charge is -2.36. The summed E-state index contributed by atoms with van der Waals surface area (Å²) in [5.74, 6) is 2.63. The minimum atomic E-state index is 0.204. The molecule has 0 saturated carbocycles. The Morgan fingerprint density at radius 2 is 2.23 bits per heavy atom. The van der Waals surface area contributed by atoms with Crippen molar-refractivity contribution in [2.45, 2.75) is 12.8 Å². The van der Waals surface area contributed by atoms with E-state index in [-0.39, 0.29) is 5.70 Å². The van der Waals surface area contributed by atoms with Crippen molar-refractivity contribution in [3.8, 4) is 11.8 Å². The molecule has 0 fully saturated rings. The zero-order valence-corrected chi connectivity index (χ0v) is 15.3. The number of nitriles is 1. The Bertz CT molecular complexity index is 867. The van der Waals surface area contributed by atoms with Gasteiger partial charge in [-0.2, -0.15) is 11.8 Å². The van der Waals surface area contributed by atoms with Gasteiger partial charge < -0.3 is 9.64 Å². The number of aryl methyl sites for hydroxylation is 1. The molecule has 3 aliphatic heterocycles. The number of nitrogens with zero attached hydrogens (tertiary/aromatic N) is 3. The average Bonchev–Trinajstić information content (AvgIpc) is 2.68. The first-order chi connectivity index (χ1) is 12.8. The Morgan fingerprint density at radius 3 is 3.08 bits per heavy atom. The molecule has 3 aliphatic rings. The fourth-order valence-corrected chi connectivity index (χ4v) is 4.65. The summed E-state index contributed by atoms with van der Waals surface area (Å²) in [7, 11) is 0. The van der Waals surface area contributed by atoms with Gasteiger partial charge >= 0.3 is 0 Å². The lowest BCUT2D eigenvalue weighted by Crippen LogP contribution is -2.36. The van der Waals surface area contributed by atoms with Crippen LogP contribution in [0.2, 0.25) is 0 Å². The smallest absolute Gasteiger partial charge is 0.265 e. The van der Waals surface area contributed by atoms with E-state index in [4.69, 9.17) is 16.6 Å². The summed E-state index contributed by atoms with van der Waals surface area (Å²) in [5, 5.41) is 9.07.